The highest BCUT2D eigenvalue weighted by Crippen LogP contribution is 2.06. The largest absolute Gasteiger partial charge is 0.446 e. The maximum Gasteiger partial charge on any atom is 0.224 e. The van der Waals surface area contributed by atoms with Crippen LogP contribution in [0.2, 0.25) is 0 Å². The van der Waals surface area contributed by atoms with Crippen LogP contribution in [0.3, 0.4) is 0 Å². The van der Waals surface area contributed by atoms with Gasteiger partial charge in [-0.25, -0.2) is 9.37 Å². The van der Waals surface area contributed by atoms with E-state index in [4.69, 9.17) is 4.42 Å². The number of halogens is 1. The normalized spacial score (nSPS) is 10.3. The van der Waals surface area contributed by atoms with Gasteiger partial charge in [0.25, 0.3) is 0 Å². The third kappa shape index (κ3) is 3.16. The molecule has 1 heterocycles. The fourth-order valence-corrected chi connectivity index (χ4v) is 1.57. The zero-order valence-electron chi connectivity index (χ0n) is 9.94. The summed E-state index contributed by atoms with van der Waals surface area (Å²) >= 11 is 0. The standard InChI is InChI=1S/C13H13FN2O2/c1-9-12(18-8-16-9)7-15-13(17)6-10-3-2-4-11(14)5-10/h2-5,8H,6-7H2,1H3,(H,15,17). The molecule has 18 heavy (non-hydrogen) atoms. The number of nitrogens with one attached hydrogen (secondary N) is 1. The van der Waals surface area contributed by atoms with E-state index < -0.39 is 0 Å². The van der Waals surface area contributed by atoms with Crippen molar-refractivity contribution in [2.75, 3.05) is 0 Å². The maximum atomic E-state index is 12.9. The van der Waals surface area contributed by atoms with E-state index in [1.165, 1.54) is 18.5 Å². The predicted molar refractivity (Wildman–Crippen MR) is 63.2 cm³/mol. The lowest BCUT2D eigenvalue weighted by Crippen LogP contribution is -2.24. The predicted octanol–water partition coefficient (Wildman–Crippen LogP) is 1.98. The van der Waals surface area contributed by atoms with E-state index in [2.05, 4.69) is 10.3 Å². The van der Waals surface area contributed by atoms with E-state index >= 15 is 0 Å². The van der Waals surface area contributed by atoms with Gasteiger partial charge in [-0.15, -0.1) is 0 Å². The minimum absolute atomic E-state index is 0.144. The molecular formula is C13H13FN2O2. The van der Waals surface area contributed by atoms with Crippen LogP contribution in [0.4, 0.5) is 4.39 Å². The van der Waals surface area contributed by atoms with Crippen molar-refractivity contribution in [1.82, 2.24) is 10.3 Å². The molecule has 0 aliphatic rings. The van der Waals surface area contributed by atoms with Crippen molar-refractivity contribution < 1.29 is 13.6 Å². The number of amides is 1. The number of rotatable bonds is 4. The Labute approximate surface area is 104 Å². The summed E-state index contributed by atoms with van der Waals surface area (Å²) in [7, 11) is 0. The molecule has 4 nitrogen and oxygen atoms in total. The molecule has 0 aliphatic carbocycles. The molecular weight excluding hydrogens is 235 g/mol. The number of carbonyl (C=O) groups excluding carboxylic acids is 1. The number of benzene rings is 1. The minimum Gasteiger partial charge on any atom is -0.446 e. The first-order chi connectivity index (χ1) is 8.65. The first kappa shape index (κ1) is 12.3. The summed E-state index contributed by atoms with van der Waals surface area (Å²) in [4.78, 5) is 15.6. The molecule has 0 saturated carbocycles. The van der Waals surface area contributed by atoms with Gasteiger partial charge in [0, 0.05) is 0 Å². The van der Waals surface area contributed by atoms with Crippen LogP contribution < -0.4 is 5.32 Å². The van der Waals surface area contributed by atoms with Crippen molar-refractivity contribution in [3.05, 3.63) is 53.5 Å². The summed E-state index contributed by atoms with van der Waals surface area (Å²) in [5.41, 5.74) is 1.39. The van der Waals surface area contributed by atoms with Crippen LogP contribution in [0.25, 0.3) is 0 Å². The zero-order chi connectivity index (χ0) is 13.0. The molecule has 5 heteroatoms. The number of aromatic nitrogens is 1. The van der Waals surface area contributed by atoms with Crippen LogP contribution in [0.15, 0.2) is 35.1 Å². The number of hydrogen-bond donors (Lipinski definition) is 1. The number of aryl methyl sites for hydroxylation is 1. The van der Waals surface area contributed by atoms with Crippen molar-refractivity contribution >= 4 is 5.91 Å². The lowest BCUT2D eigenvalue weighted by Gasteiger charge is -2.04. The van der Waals surface area contributed by atoms with Crippen molar-refractivity contribution in [1.29, 1.82) is 0 Å². The summed E-state index contributed by atoms with van der Waals surface area (Å²) in [6.45, 7) is 2.09. The van der Waals surface area contributed by atoms with E-state index in [9.17, 15) is 9.18 Å². The number of oxazole rings is 1. The number of carbonyl (C=O) groups is 1. The molecule has 1 aromatic carbocycles. The molecule has 2 rings (SSSR count). The Hall–Kier alpha value is -2.17. The van der Waals surface area contributed by atoms with Gasteiger partial charge in [-0.05, 0) is 24.6 Å². The van der Waals surface area contributed by atoms with E-state index in [0.717, 1.165) is 5.69 Å². The molecule has 0 radical (unpaired) electrons. The average molecular weight is 248 g/mol. The van der Waals surface area contributed by atoms with Gasteiger partial charge in [-0.1, -0.05) is 12.1 Å². The highest BCUT2D eigenvalue weighted by atomic mass is 19.1. The summed E-state index contributed by atoms with van der Waals surface area (Å²) < 4.78 is 18.0. The van der Waals surface area contributed by atoms with Crippen LogP contribution in [0.1, 0.15) is 17.0 Å². The van der Waals surface area contributed by atoms with Gasteiger partial charge in [0.1, 0.15) is 11.6 Å². The number of nitrogens with zero attached hydrogens (tertiary/aromatic N) is 1. The monoisotopic (exact) mass is 248 g/mol. The van der Waals surface area contributed by atoms with E-state index in [1.807, 2.05) is 0 Å². The molecule has 0 aliphatic heterocycles. The Morgan fingerprint density at radius 1 is 1.50 bits per heavy atom. The Morgan fingerprint density at radius 3 is 3.00 bits per heavy atom. The third-order valence-electron chi connectivity index (χ3n) is 2.54. The SMILES string of the molecule is Cc1ncoc1CNC(=O)Cc1cccc(F)c1. The van der Waals surface area contributed by atoms with Gasteiger partial charge in [0.2, 0.25) is 5.91 Å². The average Bonchev–Trinajstić information content (AvgIpc) is 2.72. The van der Waals surface area contributed by atoms with Crippen LogP contribution in [-0.4, -0.2) is 10.9 Å². The second kappa shape index (κ2) is 5.44. The molecule has 0 bridgehead atoms. The second-order valence-electron chi connectivity index (χ2n) is 3.94. The Morgan fingerprint density at radius 2 is 2.33 bits per heavy atom. The Bertz CT molecular complexity index is 551. The fraction of sp³-hybridized carbons (Fsp3) is 0.231. The van der Waals surface area contributed by atoms with E-state index in [1.54, 1.807) is 19.1 Å². The quantitative estimate of drug-likeness (QED) is 0.900. The van der Waals surface area contributed by atoms with Gasteiger partial charge < -0.3 is 9.73 Å². The van der Waals surface area contributed by atoms with Crippen molar-refractivity contribution in [3.8, 4) is 0 Å². The van der Waals surface area contributed by atoms with E-state index in [-0.39, 0.29) is 18.1 Å². The van der Waals surface area contributed by atoms with Crippen LogP contribution in [-0.2, 0) is 17.8 Å². The molecule has 1 amide bonds. The highest BCUT2D eigenvalue weighted by molar-refractivity contribution is 5.78. The lowest BCUT2D eigenvalue weighted by molar-refractivity contribution is -0.120. The van der Waals surface area contributed by atoms with Gasteiger partial charge in [-0.2, -0.15) is 0 Å². The van der Waals surface area contributed by atoms with E-state index in [0.29, 0.717) is 17.9 Å². The second-order valence-corrected chi connectivity index (χ2v) is 3.94. The minimum atomic E-state index is -0.341. The summed E-state index contributed by atoms with van der Waals surface area (Å²) in [6.07, 6.45) is 1.48. The van der Waals surface area contributed by atoms with Crippen LogP contribution in [0.5, 0.6) is 0 Å². The molecule has 0 fully saturated rings. The molecule has 1 N–H and O–H groups in total. The maximum absolute atomic E-state index is 12.9. The number of hydrogen-bond acceptors (Lipinski definition) is 3. The summed E-state index contributed by atoms with van der Waals surface area (Å²) in [5.74, 6) is 0.102. The van der Waals surface area contributed by atoms with Crippen LogP contribution in [0, 0.1) is 12.7 Å². The molecule has 0 spiro atoms. The third-order valence-corrected chi connectivity index (χ3v) is 2.54. The zero-order valence-corrected chi connectivity index (χ0v) is 9.94. The van der Waals surface area contributed by atoms with Gasteiger partial charge in [-0.3, -0.25) is 4.79 Å². The molecule has 0 unspecified atom stereocenters. The molecule has 0 atom stereocenters. The Balaban J connectivity index is 1.88. The lowest BCUT2D eigenvalue weighted by atomic mass is 10.1. The topological polar surface area (TPSA) is 55.1 Å². The molecule has 94 valence electrons. The summed E-state index contributed by atoms with van der Waals surface area (Å²) in [5, 5.41) is 2.70. The molecule has 0 saturated heterocycles. The van der Waals surface area contributed by atoms with Gasteiger partial charge in [0.05, 0.1) is 18.7 Å². The Kier molecular flexibility index (Phi) is 3.72. The van der Waals surface area contributed by atoms with Gasteiger partial charge >= 0.3 is 0 Å². The van der Waals surface area contributed by atoms with Crippen molar-refractivity contribution in [3.63, 3.8) is 0 Å². The fourth-order valence-electron chi connectivity index (χ4n) is 1.57. The first-order valence-electron chi connectivity index (χ1n) is 5.55. The first-order valence-corrected chi connectivity index (χ1v) is 5.55. The summed E-state index contributed by atoms with van der Waals surface area (Å²) in [6, 6.07) is 5.99. The highest BCUT2D eigenvalue weighted by Gasteiger charge is 2.07. The van der Waals surface area contributed by atoms with Crippen molar-refractivity contribution in [2.45, 2.75) is 19.9 Å². The molecule has 1 aromatic heterocycles. The smallest absolute Gasteiger partial charge is 0.224 e. The van der Waals surface area contributed by atoms with Crippen molar-refractivity contribution in [2.24, 2.45) is 0 Å². The molecule has 2 aromatic rings. The van der Waals surface area contributed by atoms with Gasteiger partial charge in [0.15, 0.2) is 6.39 Å². The van der Waals surface area contributed by atoms with Crippen LogP contribution >= 0.6 is 0 Å².